The number of hydrogen-bond donors (Lipinski definition) is 0. The molecule has 1 saturated heterocycles. The summed E-state index contributed by atoms with van der Waals surface area (Å²) in [4.78, 5) is 10.8. The highest BCUT2D eigenvalue weighted by Gasteiger charge is 2.25. The van der Waals surface area contributed by atoms with Crippen LogP contribution in [0.1, 0.15) is 46.0 Å². The Kier molecular flexibility index (Phi) is 4.94. The zero-order chi connectivity index (χ0) is 10.4. The molecule has 1 aliphatic rings. The molecule has 14 heavy (non-hydrogen) atoms. The van der Waals surface area contributed by atoms with Crippen molar-refractivity contribution in [1.29, 1.82) is 0 Å². The molecule has 0 spiro atoms. The molecule has 1 amide bonds. The molecule has 0 aliphatic carbocycles. The molecule has 0 N–H and O–H groups in total. The highest BCUT2D eigenvalue weighted by Crippen LogP contribution is 2.20. The molecule has 1 fully saturated rings. The Bertz CT molecular complexity index is 173. The summed E-state index contributed by atoms with van der Waals surface area (Å²) < 4.78 is 0. The van der Waals surface area contributed by atoms with E-state index >= 15 is 0 Å². The second kappa shape index (κ2) is 6.02. The largest absolute Gasteiger partial charge is 0.327 e. The van der Waals surface area contributed by atoms with Crippen molar-refractivity contribution < 1.29 is 4.79 Å². The molecule has 3 heteroatoms. The van der Waals surface area contributed by atoms with Crippen LogP contribution in [0.15, 0.2) is 0 Å². The van der Waals surface area contributed by atoms with Gasteiger partial charge in [-0.25, -0.2) is 5.01 Å². The van der Waals surface area contributed by atoms with E-state index < -0.39 is 0 Å². The molecule has 1 radical (unpaired) electrons. The third-order valence-corrected chi connectivity index (χ3v) is 2.92. The Morgan fingerprint density at radius 2 is 2.21 bits per heavy atom. The standard InChI is InChI=1S/C11H21N2O/c1-3-8-12(10-14)13-9-6-5-7-11(13)4-2/h11H,3-9H2,1-2H3. The highest BCUT2D eigenvalue weighted by atomic mass is 16.1. The number of hydrogen-bond acceptors (Lipinski definition) is 2. The maximum atomic E-state index is 10.8. The van der Waals surface area contributed by atoms with Crippen LogP contribution in [0.4, 0.5) is 0 Å². The first-order chi connectivity index (χ1) is 6.83. The van der Waals surface area contributed by atoms with Crippen molar-refractivity contribution in [2.45, 2.75) is 52.0 Å². The van der Waals surface area contributed by atoms with Crippen molar-refractivity contribution in [3.8, 4) is 0 Å². The van der Waals surface area contributed by atoms with Crippen molar-refractivity contribution >= 4 is 6.41 Å². The van der Waals surface area contributed by atoms with E-state index in [1.165, 1.54) is 19.3 Å². The zero-order valence-electron chi connectivity index (χ0n) is 9.33. The quantitative estimate of drug-likeness (QED) is 0.629. The molecule has 3 nitrogen and oxygen atoms in total. The van der Waals surface area contributed by atoms with Crippen molar-refractivity contribution in [2.24, 2.45) is 0 Å². The zero-order valence-corrected chi connectivity index (χ0v) is 9.33. The van der Waals surface area contributed by atoms with Crippen LogP contribution in [0.25, 0.3) is 0 Å². The van der Waals surface area contributed by atoms with Crippen LogP contribution in [-0.2, 0) is 4.79 Å². The summed E-state index contributed by atoms with van der Waals surface area (Å²) in [6.07, 6.45) is 7.90. The van der Waals surface area contributed by atoms with E-state index in [9.17, 15) is 4.79 Å². The van der Waals surface area contributed by atoms with Gasteiger partial charge in [0.25, 0.3) is 0 Å². The molecule has 1 aliphatic heterocycles. The third-order valence-electron chi connectivity index (χ3n) is 2.92. The molecule has 1 unspecified atom stereocenters. The maximum Gasteiger partial charge on any atom is 0.327 e. The summed E-state index contributed by atoms with van der Waals surface area (Å²) in [5.41, 5.74) is 0. The van der Waals surface area contributed by atoms with E-state index in [1.807, 2.05) is 6.41 Å². The van der Waals surface area contributed by atoms with Crippen molar-refractivity contribution in [3.05, 3.63) is 0 Å². The molecular weight excluding hydrogens is 176 g/mol. The van der Waals surface area contributed by atoms with E-state index in [1.54, 1.807) is 5.01 Å². The van der Waals surface area contributed by atoms with Gasteiger partial charge in [0, 0.05) is 19.1 Å². The van der Waals surface area contributed by atoms with Gasteiger partial charge in [0.1, 0.15) is 0 Å². The molecule has 0 aromatic rings. The minimum absolute atomic E-state index is 0.553. The Morgan fingerprint density at radius 3 is 2.79 bits per heavy atom. The summed E-state index contributed by atoms with van der Waals surface area (Å²) in [6, 6.07) is 0.553. The van der Waals surface area contributed by atoms with Gasteiger partial charge in [0.15, 0.2) is 0 Å². The monoisotopic (exact) mass is 197 g/mol. The van der Waals surface area contributed by atoms with Crippen LogP contribution in [0.5, 0.6) is 0 Å². The molecule has 0 aromatic carbocycles. The van der Waals surface area contributed by atoms with Gasteiger partial charge in [0.05, 0.1) is 0 Å². The SMILES string of the molecule is CCCN([C]=O)N1CCCCC1CC. The van der Waals surface area contributed by atoms with Crippen molar-refractivity contribution in [3.63, 3.8) is 0 Å². The van der Waals surface area contributed by atoms with E-state index in [2.05, 4.69) is 18.9 Å². The fourth-order valence-electron chi connectivity index (χ4n) is 2.16. The highest BCUT2D eigenvalue weighted by molar-refractivity contribution is 5.47. The number of hydrazine groups is 1. The predicted octanol–water partition coefficient (Wildman–Crippen LogP) is 1.95. The van der Waals surface area contributed by atoms with Crippen LogP contribution in [0, 0.1) is 0 Å². The lowest BCUT2D eigenvalue weighted by molar-refractivity contribution is -0.0261. The van der Waals surface area contributed by atoms with Crippen LogP contribution in [0.2, 0.25) is 0 Å². The number of carbonyl (C=O) groups excluding carboxylic acids is 1. The molecule has 1 atom stereocenters. The van der Waals surface area contributed by atoms with E-state index in [0.29, 0.717) is 6.04 Å². The van der Waals surface area contributed by atoms with Crippen molar-refractivity contribution in [2.75, 3.05) is 13.1 Å². The molecule has 0 bridgehead atoms. The van der Waals surface area contributed by atoms with E-state index in [4.69, 9.17) is 0 Å². The van der Waals surface area contributed by atoms with Crippen LogP contribution in [0.3, 0.4) is 0 Å². The van der Waals surface area contributed by atoms with Gasteiger partial charge < -0.3 is 0 Å². The second-order valence-electron chi connectivity index (χ2n) is 3.94. The average molecular weight is 197 g/mol. The number of nitrogens with zero attached hydrogens (tertiary/aromatic N) is 2. The summed E-state index contributed by atoms with van der Waals surface area (Å²) in [5.74, 6) is 0. The summed E-state index contributed by atoms with van der Waals surface area (Å²) >= 11 is 0. The lowest BCUT2D eigenvalue weighted by Gasteiger charge is -2.40. The first kappa shape index (κ1) is 11.5. The van der Waals surface area contributed by atoms with Gasteiger partial charge in [-0.1, -0.05) is 20.3 Å². The molecule has 81 valence electrons. The van der Waals surface area contributed by atoms with Gasteiger partial charge in [-0.05, 0) is 25.7 Å². The van der Waals surface area contributed by atoms with Gasteiger partial charge in [0.2, 0.25) is 0 Å². The third kappa shape index (κ3) is 2.71. The first-order valence-corrected chi connectivity index (χ1v) is 5.75. The topological polar surface area (TPSA) is 23.6 Å². The second-order valence-corrected chi connectivity index (χ2v) is 3.94. The fraction of sp³-hybridized carbons (Fsp3) is 0.909. The summed E-state index contributed by atoms with van der Waals surface area (Å²) in [6.45, 7) is 6.11. The Morgan fingerprint density at radius 1 is 1.43 bits per heavy atom. The number of piperidine rings is 1. The van der Waals surface area contributed by atoms with E-state index in [0.717, 1.165) is 25.9 Å². The molecule has 1 rings (SSSR count). The number of amides is 1. The van der Waals surface area contributed by atoms with Gasteiger partial charge in [-0.2, -0.15) is 0 Å². The lowest BCUT2D eigenvalue weighted by Crippen LogP contribution is -2.50. The predicted molar refractivity (Wildman–Crippen MR) is 57.3 cm³/mol. The van der Waals surface area contributed by atoms with Crippen LogP contribution < -0.4 is 0 Å². The smallest absolute Gasteiger partial charge is 0.267 e. The number of rotatable bonds is 5. The molecular formula is C11H21N2O. The lowest BCUT2D eigenvalue weighted by atomic mass is 10.0. The minimum Gasteiger partial charge on any atom is -0.267 e. The minimum atomic E-state index is 0.553. The first-order valence-electron chi connectivity index (χ1n) is 5.75. The molecule has 1 heterocycles. The Hall–Kier alpha value is -0.570. The average Bonchev–Trinajstić information content (AvgIpc) is 2.26. The van der Waals surface area contributed by atoms with Crippen LogP contribution in [-0.4, -0.2) is 35.6 Å². The van der Waals surface area contributed by atoms with E-state index in [-0.39, 0.29) is 0 Å². The van der Waals surface area contributed by atoms with Crippen molar-refractivity contribution in [1.82, 2.24) is 10.0 Å². The van der Waals surface area contributed by atoms with Gasteiger partial charge in [-0.3, -0.25) is 9.80 Å². The molecule has 0 saturated carbocycles. The summed E-state index contributed by atoms with van der Waals surface area (Å²) in [7, 11) is 0. The normalized spacial score (nSPS) is 23.4. The maximum absolute atomic E-state index is 10.8. The Balaban J connectivity index is 2.55. The fourth-order valence-corrected chi connectivity index (χ4v) is 2.16. The van der Waals surface area contributed by atoms with Crippen LogP contribution >= 0.6 is 0 Å². The van der Waals surface area contributed by atoms with Gasteiger partial charge in [-0.15, -0.1) is 0 Å². The van der Waals surface area contributed by atoms with Gasteiger partial charge >= 0.3 is 6.41 Å². The molecule has 0 aromatic heterocycles. The Labute approximate surface area is 87.0 Å². The summed E-state index contributed by atoms with van der Waals surface area (Å²) in [5, 5.41) is 3.95.